The zero-order valence-electron chi connectivity index (χ0n) is 23.6. The maximum atomic E-state index is 9.50. The molecule has 0 aliphatic carbocycles. The smallest absolute Gasteiger partial charge is 0.0832 e. The summed E-state index contributed by atoms with van der Waals surface area (Å²) < 4.78 is 13.4. The van der Waals surface area contributed by atoms with E-state index in [2.05, 4.69) is 52.0 Å². The molecule has 0 amide bonds. The van der Waals surface area contributed by atoms with Crippen LogP contribution in [0.1, 0.15) is 141 Å². The van der Waals surface area contributed by atoms with Crippen LogP contribution in [0.2, 0.25) is 0 Å². The van der Waals surface area contributed by atoms with E-state index in [-0.39, 0.29) is 36.3 Å². The van der Waals surface area contributed by atoms with Crippen LogP contribution in [-0.4, -0.2) is 35.6 Å². The second-order valence-electron chi connectivity index (χ2n) is 13.1. The first-order valence-electron chi connectivity index (χ1n) is 14.8. The Bertz CT molecular complexity index is 695. The van der Waals surface area contributed by atoms with Crippen molar-refractivity contribution >= 4 is 0 Å². The Labute approximate surface area is 221 Å². The van der Waals surface area contributed by atoms with Crippen LogP contribution >= 0.6 is 0 Å². The quantitative estimate of drug-likeness (QED) is 0.253. The van der Waals surface area contributed by atoms with Gasteiger partial charge < -0.3 is 19.7 Å². The van der Waals surface area contributed by atoms with Crippen LogP contribution in [0.25, 0.3) is 0 Å². The third kappa shape index (κ3) is 9.42. The number of ether oxygens (including phenoxy) is 2. The first-order valence-corrected chi connectivity index (χ1v) is 14.8. The molecule has 2 fully saturated rings. The first kappa shape index (κ1) is 29.6. The lowest BCUT2D eigenvalue weighted by Crippen LogP contribution is -2.26. The Morgan fingerprint density at radius 3 is 1.47 bits per heavy atom. The molecule has 2 saturated heterocycles. The average molecular weight is 503 g/mol. The van der Waals surface area contributed by atoms with E-state index in [1.54, 1.807) is 0 Å². The molecule has 2 aliphatic rings. The van der Waals surface area contributed by atoms with Crippen molar-refractivity contribution in [3.8, 4) is 0 Å². The Morgan fingerprint density at radius 1 is 0.667 bits per heavy atom. The zero-order chi connectivity index (χ0) is 26.0. The summed E-state index contributed by atoms with van der Waals surface area (Å²) in [6.07, 6.45) is 17.1. The number of aliphatic hydroxyl groups excluding tert-OH is 2. The van der Waals surface area contributed by atoms with E-state index in [1.807, 2.05) is 0 Å². The molecule has 0 saturated carbocycles. The minimum atomic E-state index is 0.0305. The molecule has 1 aromatic carbocycles. The Balaban J connectivity index is 1.52. The fraction of sp³-hybridized carbons (Fsp3) is 0.812. The summed E-state index contributed by atoms with van der Waals surface area (Å²) >= 11 is 0. The lowest BCUT2D eigenvalue weighted by Gasteiger charge is -2.35. The van der Waals surface area contributed by atoms with Gasteiger partial charge in [-0.15, -0.1) is 0 Å². The third-order valence-electron chi connectivity index (χ3n) is 8.50. The molecule has 1 aromatic rings. The molecule has 36 heavy (non-hydrogen) atoms. The van der Waals surface area contributed by atoms with Gasteiger partial charge in [0.25, 0.3) is 0 Å². The largest absolute Gasteiger partial charge is 0.396 e. The number of hydrogen-bond acceptors (Lipinski definition) is 4. The molecular weight excluding hydrogens is 448 g/mol. The Morgan fingerprint density at radius 2 is 1.08 bits per heavy atom. The van der Waals surface area contributed by atoms with E-state index < -0.39 is 0 Å². The predicted octanol–water partition coefficient (Wildman–Crippen LogP) is 8.06. The van der Waals surface area contributed by atoms with E-state index in [4.69, 9.17) is 9.47 Å². The van der Waals surface area contributed by atoms with E-state index in [1.165, 1.54) is 36.8 Å². The van der Waals surface area contributed by atoms with Crippen LogP contribution in [0.5, 0.6) is 0 Å². The van der Waals surface area contributed by atoms with Gasteiger partial charge in [0.05, 0.1) is 24.4 Å². The predicted molar refractivity (Wildman–Crippen MR) is 148 cm³/mol. The van der Waals surface area contributed by atoms with Crippen molar-refractivity contribution in [2.24, 2.45) is 10.8 Å². The molecule has 0 radical (unpaired) electrons. The minimum Gasteiger partial charge on any atom is -0.396 e. The normalized spacial score (nSPS) is 25.7. The number of benzene rings is 1. The highest BCUT2D eigenvalue weighted by molar-refractivity contribution is 5.32. The van der Waals surface area contributed by atoms with Crippen LogP contribution in [-0.2, 0) is 9.47 Å². The first-order chi connectivity index (χ1) is 17.2. The van der Waals surface area contributed by atoms with Crippen LogP contribution < -0.4 is 0 Å². The number of aliphatic hydroxyl groups is 2. The van der Waals surface area contributed by atoms with Crippen molar-refractivity contribution in [1.29, 1.82) is 0 Å². The summed E-state index contributed by atoms with van der Waals surface area (Å²) in [6, 6.07) is 8.87. The van der Waals surface area contributed by atoms with Gasteiger partial charge in [-0.1, -0.05) is 77.6 Å². The summed E-state index contributed by atoms with van der Waals surface area (Å²) in [4.78, 5) is 0. The van der Waals surface area contributed by atoms with Crippen molar-refractivity contribution in [2.45, 2.75) is 142 Å². The van der Waals surface area contributed by atoms with E-state index in [9.17, 15) is 10.2 Å². The molecule has 0 aromatic heterocycles. The van der Waals surface area contributed by atoms with E-state index in [0.29, 0.717) is 12.2 Å². The molecule has 2 aliphatic heterocycles. The SMILES string of the molecule is CC(C)(CO)CCCCC1CCCC(c2ccccc2C2CCCC(CCCCC(C)(C)CO)O2)O1. The summed E-state index contributed by atoms with van der Waals surface area (Å²) in [6.45, 7) is 9.11. The third-order valence-corrected chi connectivity index (χ3v) is 8.50. The maximum Gasteiger partial charge on any atom is 0.0832 e. The van der Waals surface area contributed by atoms with Gasteiger partial charge >= 0.3 is 0 Å². The molecule has 2 heterocycles. The highest BCUT2D eigenvalue weighted by Gasteiger charge is 2.30. The maximum absolute atomic E-state index is 9.50. The number of rotatable bonds is 14. The van der Waals surface area contributed by atoms with Crippen molar-refractivity contribution in [3.63, 3.8) is 0 Å². The molecule has 4 atom stereocenters. The summed E-state index contributed by atoms with van der Waals surface area (Å²) in [5.74, 6) is 0. The lowest BCUT2D eigenvalue weighted by molar-refractivity contribution is -0.0683. The van der Waals surface area contributed by atoms with Crippen molar-refractivity contribution in [1.82, 2.24) is 0 Å². The van der Waals surface area contributed by atoms with Crippen LogP contribution in [0.15, 0.2) is 24.3 Å². The lowest BCUT2D eigenvalue weighted by atomic mass is 9.86. The molecule has 0 bridgehead atoms. The van der Waals surface area contributed by atoms with Gasteiger partial charge in [-0.2, -0.15) is 0 Å². The van der Waals surface area contributed by atoms with E-state index in [0.717, 1.165) is 64.2 Å². The number of hydrogen-bond donors (Lipinski definition) is 2. The summed E-state index contributed by atoms with van der Waals surface area (Å²) in [5, 5.41) is 19.0. The van der Waals surface area contributed by atoms with Gasteiger partial charge in [-0.25, -0.2) is 0 Å². The second-order valence-corrected chi connectivity index (χ2v) is 13.1. The van der Waals surface area contributed by atoms with Crippen molar-refractivity contribution in [2.75, 3.05) is 13.2 Å². The molecule has 206 valence electrons. The highest BCUT2D eigenvalue weighted by Crippen LogP contribution is 2.41. The fourth-order valence-electron chi connectivity index (χ4n) is 5.89. The van der Waals surface area contributed by atoms with Gasteiger partial charge in [0.15, 0.2) is 0 Å². The van der Waals surface area contributed by atoms with Crippen LogP contribution in [0.4, 0.5) is 0 Å². The van der Waals surface area contributed by atoms with Crippen molar-refractivity contribution < 1.29 is 19.7 Å². The van der Waals surface area contributed by atoms with Crippen molar-refractivity contribution in [3.05, 3.63) is 35.4 Å². The van der Waals surface area contributed by atoms with Crippen LogP contribution in [0.3, 0.4) is 0 Å². The molecule has 4 nitrogen and oxygen atoms in total. The summed E-state index contributed by atoms with van der Waals surface area (Å²) in [7, 11) is 0. The number of unbranched alkanes of at least 4 members (excludes halogenated alkanes) is 2. The summed E-state index contributed by atoms with van der Waals surface area (Å²) in [5.41, 5.74) is 2.75. The highest BCUT2D eigenvalue weighted by atomic mass is 16.5. The Hall–Kier alpha value is -0.940. The van der Waals surface area contributed by atoms with Gasteiger partial charge in [0.2, 0.25) is 0 Å². The molecule has 2 N–H and O–H groups in total. The molecule has 4 unspecified atom stereocenters. The molecular formula is C32H54O4. The molecule has 3 rings (SSSR count). The fourth-order valence-corrected chi connectivity index (χ4v) is 5.89. The second kappa shape index (κ2) is 14.3. The molecule has 4 heteroatoms. The Kier molecular flexibility index (Phi) is 11.7. The van der Waals surface area contributed by atoms with Crippen LogP contribution in [0, 0.1) is 10.8 Å². The van der Waals surface area contributed by atoms with Gasteiger partial charge in [0.1, 0.15) is 0 Å². The van der Waals surface area contributed by atoms with Gasteiger partial charge in [-0.3, -0.25) is 0 Å². The average Bonchev–Trinajstić information content (AvgIpc) is 2.89. The standard InChI is InChI=1S/C32H54O4/c1-31(2,23-33)21-9-7-13-25-15-11-19-29(35-25)27-17-5-6-18-28(27)30-20-12-16-26(36-30)14-8-10-22-32(3,4)24-34/h5-6,17-18,25-26,29-30,33-34H,7-16,19-24H2,1-4H3. The molecule has 0 spiro atoms. The monoisotopic (exact) mass is 502 g/mol. The van der Waals surface area contributed by atoms with E-state index >= 15 is 0 Å². The van der Waals surface area contributed by atoms with Gasteiger partial charge in [0, 0.05) is 13.2 Å². The minimum absolute atomic E-state index is 0.0305. The zero-order valence-corrected chi connectivity index (χ0v) is 23.6. The van der Waals surface area contributed by atoms with Gasteiger partial charge in [-0.05, 0) is 86.2 Å². The topological polar surface area (TPSA) is 58.9 Å².